The zero-order valence-corrected chi connectivity index (χ0v) is 12.9. The van der Waals surface area contributed by atoms with Crippen molar-refractivity contribution in [2.75, 3.05) is 26.7 Å². The predicted octanol–water partition coefficient (Wildman–Crippen LogP) is 3.38. The van der Waals surface area contributed by atoms with E-state index in [1.807, 2.05) is 14.0 Å². The first-order valence-corrected chi connectivity index (χ1v) is 6.95. The molecule has 2 rings (SSSR count). The Balaban J connectivity index is 0.00000200. The highest BCUT2D eigenvalue weighted by molar-refractivity contribution is 5.85. The Morgan fingerprint density at radius 3 is 2.85 bits per heavy atom. The molecule has 1 N–H and O–H groups in total. The van der Waals surface area contributed by atoms with Crippen molar-refractivity contribution >= 4 is 12.4 Å². The van der Waals surface area contributed by atoms with E-state index >= 15 is 0 Å². The normalized spacial score (nSPS) is 21.3. The van der Waals surface area contributed by atoms with Gasteiger partial charge in [0, 0.05) is 18.2 Å². The maximum Gasteiger partial charge on any atom is 0.128 e. The number of benzene rings is 1. The molecule has 0 amide bonds. The summed E-state index contributed by atoms with van der Waals surface area (Å²) in [6, 6.07) is 3.64. The third-order valence-electron chi connectivity index (χ3n) is 4.00. The molecule has 114 valence electrons. The van der Waals surface area contributed by atoms with E-state index in [4.69, 9.17) is 0 Å². The van der Waals surface area contributed by atoms with Gasteiger partial charge in [-0.15, -0.1) is 12.4 Å². The van der Waals surface area contributed by atoms with Crippen LogP contribution in [0.15, 0.2) is 18.2 Å². The molecule has 0 bridgehead atoms. The van der Waals surface area contributed by atoms with Crippen LogP contribution >= 0.6 is 12.4 Å². The molecular weight excluding hydrogens is 282 g/mol. The number of hydrogen-bond acceptors (Lipinski definition) is 2. The number of rotatable bonds is 4. The van der Waals surface area contributed by atoms with Gasteiger partial charge in [0.25, 0.3) is 0 Å². The molecule has 0 aromatic heterocycles. The standard InChI is InChI=1S/C15H22F2N2.ClH/c1-11(14-8-13(16)5-6-15(14)17)19-7-3-4-12(10-19)9-18-2;/h5-6,8,11-12,18H,3-4,7,9-10H2,1-2H3;1H. The Labute approximate surface area is 126 Å². The maximum absolute atomic E-state index is 13.8. The molecule has 0 aliphatic carbocycles. The van der Waals surface area contributed by atoms with E-state index in [0.29, 0.717) is 11.5 Å². The van der Waals surface area contributed by atoms with Gasteiger partial charge in [0.05, 0.1) is 0 Å². The molecular formula is C15H23ClF2N2. The second-order valence-corrected chi connectivity index (χ2v) is 5.40. The van der Waals surface area contributed by atoms with Gasteiger partial charge in [0.2, 0.25) is 0 Å². The second kappa shape index (κ2) is 7.91. The fraction of sp³-hybridized carbons (Fsp3) is 0.600. The lowest BCUT2D eigenvalue weighted by molar-refractivity contribution is 0.129. The summed E-state index contributed by atoms with van der Waals surface area (Å²) in [7, 11) is 1.95. The fourth-order valence-electron chi connectivity index (χ4n) is 2.94. The number of piperidine rings is 1. The number of nitrogens with zero attached hydrogens (tertiary/aromatic N) is 1. The third-order valence-corrected chi connectivity index (χ3v) is 4.00. The third kappa shape index (κ3) is 4.14. The van der Waals surface area contributed by atoms with Crippen LogP contribution in [0.2, 0.25) is 0 Å². The summed E-state index contributed by atoms with van der Waals surface area (Å²) < 4.78 is 27.1. The molecule has 5 heteroatoms. The molecule has 0 radical (unpaired) electrons. The van der Waals surface area contributed by atoms with Gasteiger partial charge < -0.3 is 5.32 Å². The molecule has 0 spiro atoms. The molecule has 1 fully saturated rings. The molecule has 1 aromatic carbocycles. The van der Waals surface area contributed by atoms with Crippen LogP contribution in [-0.2, 0) is 0 Å². The van der Waals surface area contributed by atoms with E-state index in [1.54, 1.807) is 0 Å². The minimum atomic E-state index is -0.368. The number of nitrogens with one attached hydrogen (secondary N) is 1. The first-order chi connectivity index (χ1) is 9.11. The first kappa shape index (κ1) is 17.3. The number of halogens is 3. The minimum absolute atomic E-state index is 0. The van der Waals surface area contributed by atoms with E-state index in [2.05, 4.69) is 10.2 Å². The van der Waals surface area contributed by atoms with Crippen LogP contribution in [-0.4, -0.2) is 31.6 Å². The van der Waals surface area contributed by atoms with Crippen molar-refractivity contribution in [1.82, 2.24) is 10.2 Å². The van der Waals surface area contributed by atoms with E-state index in [0.717, 1.165) is 26.1 Å². The van der Waals surface area contributed by atoms with Gasteiger partial charge in [-0.2, -0.15) is 0 Å². The monoisotopic (exact) mass is 304 g/mol. The molecule has 2 unspecified atom stereocenters. The van der Waals surface area contributed by atoms with Crippen molar-refractivity contribution < 1.29 is 8.78 Å². The zero-order chi connectivity index (χ0) is 13.8. The molecule has 1 heterocycles. The Kier molecular flexibility index (Phi) is 6.86. The van der Waals surface area contributed by atoms with Gasteiger partial charge in [-0.3, -0.25) is 4.90 Å². The smallest absolute Gasteiger partial charge is 0.128 e. The molecule has 0 saturated carbocycles. The quantitative estimate of drug-likeness (QED) is 0.917. The van der Waals surface area contributed by atoms with Crippen molar-refractivity contribution in [3.05, 3.63) is 35.4 Å². The van der Waals surface area contributed by atoms with Crippen LogP contribution in [0.1, 0.15) is 31.4 Å². The Morgan fingerprint density at radius 1 is 1.40 bits per heavy atom. The van der Waals surface area contributed by atoms with Crippen LogP contribution in [0, 0.1) is 17.6 Å². The van der Waals surface area contributed by atoms with Crippen LogP contribution < -0.4 is 5.32 Å². The summed E-state index contributed by atoms with van der Waals surface area (Å²) >= 11 is 0. The van der Waals surface area contributed by atoms with Crippen LogP contribution in [0.4, 0.5) is 8.78 Å². The summed E-state index contributed by atoms with van der Waals surface area (Å²) in [5.41, 5.74) is 0.463. The molecule has 20 heavy (non-hydrogen) atoms. The summed E-state index contributed by atoms with van der Waals surface area (Å²) in [6.45, 7) is 4.84. The highest BCUT2D eigenvalue weighted by atomic mass is 35.5. The van der Waals surface area contributed by atoms with Crippen molar-refractivity contribution in [2.24, 2.45) is 5.92 Å². The molecule has 1 aromatic rings. The van der Waals surface area contributed by atoms with E-state index in [-0.39, 0.29) is 30.1 Å². The zero-order valence-electron chi connectivity index (χ0n) is 12.0. The molecule has 2 nitrogen and oxygen atoms in total. The van der Waals surface area contributed by atoms with Crippen molar-refractivity contribution in [1.29, 1.82) is 0 Å². The largest absolute Gasteiger partial charge is 0.319 e. The first-order valence-electron chi connectivity index (χ1n) is 6.95. The van der Waals surface area contributed by atoms with Crippen molar-refractivity contribution in [3.63, 3.8) is 0 Å². The molecule has 1 aliphatic rings. The average Bonchev–Trinajstić information content (AvgIpc) is 2.41. The van der Waals surface area contributed by atoms with Gasteiger partial charge in [0.1, 0.15) is 11.6 Å². The Morgan fingerprint density at radius 2 is 2.15 bits per heavy atom. The predicted molar refractivity (Wildman–Crippen MR) is 80.2 cm³/mol. The average molecular weight is 305 g/mol. The highest BCUT2D eigenvalue weighted by Gasteiger charge is 2.25. The van der Waals surface area contributed by atoms with Gasteiger partial charge in [-0.25, -0.2) is 8.78 Å². The van der Waals surface area contributed by atoms with Crippen molar-refractivity contribution in [2.45, 2.75) is 25.8 Å². The summed E-state index contributed by atoms with van der Waals surface area (Å²) in [6.07, 6.45) is 2.32. The molecule has 1 saturated heterocycles. The van der Waals surface area contributed by atoms with Gasteiger partial charge in [-0.05, 0) is 64.0 Å². The lowest BCUT2D eigenvalue weighted by atomic mass is 9.95. The minimum Gasteiger partial charge on any atom is -0.319 e. The van der Waals surface area contributed by atoms with Gasteiger partial charge in [0.15, 0.2) is 0 Å². The SMILES string of the molecule is CNCC1CCCN(C(C)c2cc(F)ccc2F)C1.Cl. The lowest BCUT2D eigenvalue weighted by Gasteiger charge is -2.37. The lowest BCUT2D eigenvalue weighted by Crippen LogP contribution is -2.40. The second-order valence-electron chi connectivity index (χ2n) is 5.40. The van der Waals surface area contributed by atoms with E-state index < -0.39 is 0 Å². The van der Waals surface area contributed by atoms with Gasteiger partial charge in [-0.1, -0.05) is 0 Å². The highest BCUT2D eigenvalue weighted by Crippen LogP contribution is 2.28. The number of hydrogen-bond donors (Lipinski definition) is 1. The van der Waals surface area contributed by atoms with Gasteiger partial charge >= 0.3 is 0 Å². The molecule has 2 atom stereocenters. The summed E-state index contributed by atoms with van der Waals surface area (Å²) in [5, 5.41) is 3.20. The van der Waals surface area contributed by atoms with E-state index in [1.165, 1.54) is 24.6 Å². The Hall–Kier alpha value is -0.710. The van der Waals surface area contributed by atoms with Crippen LogP contribution in [0.5, 0.6) is 0 Å². The van der Waals surface area contributed by atoms with Crippen LogP contribution in [0.3, 0.4) is 0 Å². The summed E-state index contributed by atoms with van der Waals surface area (Å²) in [5.74, 6) is -0.0884. The maximum atomic E-state index is 13.8. The Bertz CT molecular complexity index is 426. The van der Waals surface area contributed by atoms with E-state index in [9.17, 15) is 8.78 Å². The summed E-state index contributed by atoms with van der Waals surface area (Å²) in [4.78, 5) is 2.25. The molecule has 1 aliphatic heterocycles. The fourth-order valence-corrected chi connectivity index (χ4v) is 2.94. The van der Waals surface area contributed by atoms with Crippen molar-refractivity contribution in [3.8, 4) is 0 Å². The van der Waals surface area contributed by atoms with Crippen LogP contribution in [0.25, 0.3) is 0 Å². The topological polar surface area (TPSA) is 15.3 Å². The number of likely N-dealkylation sites (tertiary alicyclic amines) is 1.